The Kier molecular flexibility index (Phi) is 4.39. The van der Waals surface area contributed by atoms with Crippen LogP contribution in [0.2, 0.25) is 0 Å². The Balaban J connectivity index is 2.24. The Morgan fingerprint density at radius 3 is 2.57 bits per heavy atom. The summed E-state index contributed by atoms with van der Waals surface area (Å²) in [5.41, 5.74) is 0.415. The van der Waals surface area contributed by atoms with Gasteiger partial charge in [-0.25, -0.2) is 0 Å². The van der Waals surface area contributed by atoms with E-state index in [0.29, 0.717) is 5.41 Å². The van der Waals surface area contributed by atoms with Gasteiger partial charge in [0.05, 0.1) is 0 Å². The van der Waals surface area contributed by atoms with E-state index in [4.69, 9.17) is 0 Å². The summed E-state index contributed by atoms with van der Waals surface area (Å²) in [5, 5.41) is 3.70. The van der Waals surface area contributed by atoms with Crippen LogP contribution in [0, 0.1) is 5.41 Å². The summed E-state index contributed by atoms with van der Waals surface area (Å²) in [6.07, 6.45) is 4.01. The molecule has 0 saturated carbocycles. The van der Waals surface area contributed by atoms with Crippen molar-refractivity contribution in [1.82, 2.24) is 10.2 Å². The van der Waals surface area contributed by atoms with Gasteiger partial charge in [-0.1, -0.05) is 20.8 Å². The van der Waals surface area contributed by atoms with Gasteiger partial charge in [-0.15, -0.1) is 0 Å². The fraction of sp³-hybridized carbons (Fsp3) is 1.00. The summed E-state index contributed by atoms with van der Waals surface area (Å²) in [5.74, 6) is 0. The first-order chi connectivity index (χ1) is 6.47. The molecule has 1 unspecified atom stereocenters. The second kappa shape index (κ2) is 5.13. The zero-order chi connectivity index (χ0) is 10.6. The van der Waals surface area contributed by atoms with E-state index < -0.39 is 0 Å². The van der Waals surface area contributed by atoms with Gasteiger partial charge in [0.2, 0.25) is 0 Å². The molecule has 2 heteroatoms. The number of likely N-dealkylation sites (tertiary alicyclic amines) is 1. The van der Waals surface area contributed by atoms with Crippen LogP contribution in [0.15, 0.2) is 0 Å². The van der Waals surface area contributed by atoms with Crippen molar-refractivity contribution in [3.05, 3.63) is 0 Å². The second-order valence-electron chi connectivity index (χ2n) is 5.87. The van der Waals surface area contributed by atoms with Gasteiger partial charge < -0.3 is 10.2 Å². The van der Waals surface area contributed by atoms with Crippen molar-refractivity contribution in [2.45, 2.75) is 46.1 Å². The second-order valence-corrected chi connectivity index (χ2v) is 5.87. The molecule has 84 valence electrons. The minimum Gasteiger partial charge on any atom is -0.313 e. The maximum atomic E-state index is 3.70. The summed E-state index contributed by atoms with van der Waals surface area (Å²) in [6.45, 7) is 10.5. The number of hydrogen-bond donors (Lipinski definition) is 1. The molecule has 0 aliphatic carbocycles. The van der Waals surface area contributed by atoms with Crippen LogP contribution in [0.5, 0.6) is 0 Å². The zero-order valence-electron chi connectivity index (χ0n) is 10.3. The molecule has 0 radical (unpaired) electrons. The molecule has 1 heterocycles. The van der Waals surface area contributed by atoms with E-state index in [1.54, 1.807) is 0 Å². The molecule has 0 aromatic heterocycles. The van der Waals surface area contributed by atoms with Crippen LogP contribution in [-0.4, -0.2) is 37.6 Å². The van der Waals surface area contributed by atoms with E-state index in [1.165, 1.54) is 32.4 Å². The Morgan fingerprint density at radius 2 is 1.93 bits per heavy atom. The van der Waals surface area contributed by atoms with Crippen molar-refractivity contribution < 1.29 is 0 Å². The van der Waals surface area contributed by atoms with Crippen molar-refractivity contribution in [1.29, 1.82) is 0 Å². The van der Waals surface area contributed by atoms with Gasteiger partial charge >= 0.3 is 0 Å². The van der Waals surface area contributed by atoms with E-state index in [0.717, 1.165) is 12.6 Å². The predicted octanol–water partition coefficient (Wildman–Crippen LogP) is 2.11. The monoisotopic (exact) mass is 198 g/mol. The molecular formula is C12H26N2. The highest BCUT2D eigenvalue weighted by Gasteiger charge is 2.17. The van der Waals surface area contributed by atoms with E-state index in [-0.39, 0.29) is 0 Å². The lowest BCUT2D eigenvalue weighted by molar-refractivity contribution is 0.323. The third kappa shape index (κ3) is 4.97. The Labute approximate surface area is 89.1 Å². The highest BCUT2D eigenvalue weighted by molar-refractivity contribution is 4.76. The van der Waals surface area contributed by atoms with Gasteiger partial charge in [0, 0.05) is 12.6 Å². The van der Waals surface area contributed by atoms with E-state index >= 15 is 0 Å². The largest absolute Gasteiger partial charge is 0.313 e. The van der Waals surface area contributed by atoms with Crippen LogP contribution in [0.25, 0.3) is 0 Å². The first-order valence-corrected chi connectivity index (χ1v) is 5.89. The van der Waals surface area contributed by atoms with Crippen LogP contribution in [-0.2, 0) is 0 Å². The topological polar surface area (TPSA) is 15.3 Å². The van der Waals surface area contributed by atoms with Crippen molar-refractivity contribution in [2.75, 3.05) is 26.7 Å². The standard InChI is InChI=1S/C12H26N2/c1-12(2,3)10-13-11-6-5-8-14(4)9-7-11/h11,13H,5-10H2,1-4H3. The quantitative estimate of drug-likeness (QED) is 0.731. The molecule has 1 aliphatic heterocycles. The summed E-state index contributed by atoms with van der Waals surface area (Å²) < 4.78 is 0. The minimum absolute atomic E-state index is 0.415. The van der Waals surface area contributed by atoms with Crippen LogP contribution < -0.4 is 5.32 Å². The van der Waals surface area contributed by atoms with Gasteiger partial charge in [0.1, 0.15) is 0 Å². The molecule has 1 saturated heterocycles. The van der Waals surface area contributed by atoms with E-state index in [2.05, 4.69) is 38.0 Å². The van der Waals surface area contributed by atoms with Gasteiger partial charge in [0.15, 0.2) is 0 Å². The molecule has 1 aliphatic rings. The lowest BCUT2D eigenvalue weighted by Gasteiger charge is -2.24. The number of nitrogens with one attached hydrogen (secondary N) is 1. The van der Waals surface area contributed by atoms with Crippen LogP contribution in [0.3, 0.4) is 0 Å². The van der Waals surface area contributed by atoms with Crippen LogP contribution in [0.1, 0.15) is 40.0 Å². The summed E-state index contributed by atoms with van der Waals surface area (Å²) in [7, 11) is 2.23. The molecule has 2 nitrogen and oxygen atoms in total. The maximum Gasteiger partial charge on any atom is 0.00799 e. The zero-order valence-corrected chi connectivity index (χ0v) is 10.3. The van der Waals surface area contributed by atoms with Crippen LogP contribution in [0.4, 0.5) is 0 Å². The summed E-state index contributed by atoms with van der Waals surface area (Å²) >= 11 is 0. The number of hydrogen-bond acceptors (Lipinski definition) is 2. The highest BCUT2D eigenvalue weighted by atomic mass is 15.1. The Hall–Kier alpha value is -0.0800. The van der Waals surface area contributed by atoms with E-state index in [9.17, 15) is 0 Å². The number of rotatable bonds is 2. The number of nitrogens with zero attached hydrogens (tertiary/aromatic N) is 1. The fourth-order valence-electron chi connectivity index (χ4n) is 1.89. The molecule has 0 aromatic rings. The van der Waals surface area contributed by atoms with Crippen molar-refractivity contribution >= 4 is 0 Å². The molecule has 1 rings (SSSR count). The van der Waals surface area contributed by atoms with Crippen LogP contribution >= 0.6 is 0 Å². The third-order valence-electron chi connectivity index (χ3n) is 2.87. The molecule has 0 amide bonds. The molecule has 1 atom stereocenters. The molecule has 14 heavy (non-hydrogen) atoms. The molecule has 1 N–H and O–H groups in total. The Bertz CT molecular complexity index is 160. The lowest BCUT2D eigenvalue weighted by Crippen LogP contribution is -2.36. The van der Waals surface area contributed by atoms with Crippen molar-refractivity contribution in [2.24, 2.45) is 5.41 Å². The summed E-state index contributed by atoms with van der Waals surface area (Å²) in [6, 6.07) is 0.749. The van der Waals surface area contributed by atoms with E-state index in [1.807, 2.05) is 0 Å². The highest BCUT2D eigenvalue weighted by Crippen LogP contribution is 2.14. The van der Waals surface area contributed by atoms with Gasteiger partial charge in [0.25, 0.3) is 0 Å². The normalized spacial score (nSPS) is 26.1. The molecule has 0 aromatic carbocycles. The molecule has 0 spiro atoms. The van der Waals surface area contributed by atoms with Crippen molar-refractivity contribution in [3.63, 3.8) is 0 Å². The average Bonchev–Trinajstić information content (AvgIpc) is 2.25. The minimum atomic E-state index is 0.415. The molecular weight excluding hydrogens is 172 g/mol. The first-order valence-electron chi connectivity index (χ1n) is 5.89. The third-order valence-corrected chi connectivity index (χ3v) is 2.87. The van der Waals surface area contributed by atoms with Gasteiger partial charge in [-0.2, -0.15) is 0 Å². The average molecular weight is 198 g/mol. The molecule has 0 bridgehead atoms. The first kappa shape index (κ1) is 12.0. The summed E-state index contributed by atoms with van der Waals surface area (Å²) in [4.78, 5) is 2.44. The SMILES string of the molecule is CN1CCCC(NCC(C)(C)C)CC1. The van der Waals surface area contributed by atoms with Crippen molar-refractivity contribution in [3.8, 4) is 0 Å². The molecule has 1 fully saturated rings. The maximum absolute atomic E-state index is 3.70. The predicted molar refractivity (Wildman–Crippen MR) is 62.6 cm³/mol. The fourth-order valence-corrected chi connectivity index (χ4v) is 1.89. The smallest absolute Gasteiger partial charge is 0.00799 e. The van der Waals surface area contributed by atoms with Gasteiger partial charge in [-0.3, -0.25) is 0 Å². The Morgan fingerprint density at radius 1 is 1.21 bits per heavy atom. The lowest BCUT2D eigenvalue weighted by atomic mass is 9.96. The van der Waals surface area contributed by atoms with Gasteiger partial charge in [-0.05, 0) is 44.8 Å².